The van der Waals surface area contributed by atoms with E-state index in [-0.39, 0.29) is 0 Å². The van der Waals surface area contributed by atoms with E-state index in [9.17, 15) is 4.79 Å². The third-order valence-corrected chi connectivity index (χ3v) is 3.63. The lowest BCUT2D eigenvalue weighted by molar-refractivity contribution is -0.113. The Morgan fingerprint density at radius 3 is 2.67 bits per heavy atom. The van der Waals surface area contributed by atoms with Gasteiger partial charge in [0.05, 0.1) is 0 Å². The Hall–Kier alpha value is -1.37. The Bertz CT molecular complexity index is 468. The summed E-state index contributed by atoms with van der Waals surface area (Å²) in [6.45, 7) is 4.32. The van der Waals surface area contributed by atoms with Crippen LogP contribution < -0.4 is 0 Å². The first-order valence-corrected chi connectivity index (χ1v) is 7.11. The van der Waals surface area contributed by atoms with Gasteiger partial charge in [0.1, 0.15) is 0 Å². The summed E-state index contributed by atoms with van der Waals surface area (Å²) in [6, 6.07) is 8.38. The minimum absolute atomic E-state index is 0.352. The van der Waals surface area contributed by atoms with Gasteiger partial charge in [-0.3, -0.25) is 4.79 Å². The van der Waals surface area contributed by atoms with Gasteiger partial charge in [-0.25, -0.2) is 0 Å². The van der Waals surface area contributed by atoms with Crippen LogP contribution in [0.15, 0.2) is 29.8 Å². The van der Waals surface area contributed by atoms with Gasteiger partial charge in [-0.1, -0.05) is 56.5 Å². The van der Waals surface area contributed by atoms with E-state index >= 15 is 0 Å². The summed E-state index contributed by atoms with van der Waals surface area (Å²) >= 11 is 0. The molecule has 1 aliphatic rings. The summed E-state index contributed by atoms with van der Waals surface area (Å²) in [5.74, 6) is 0.352. The van der Waals surface area contributed by atoms with E-state index in [0.29, 0.717) is 12.2 Å². The number of benzene rings is 1. The monoisotopic (exact) mass is 242 g/mol. The molecule has 0 N–H and O–H groups in total. The minimum Gasteiger partial charge on any atom is -0.294 e. The van der Waals surface area contributed by atoms with Crippen LogP contribution in [-0.2, 0) is 11.2 Å². The van der Waals surface area contributed by atoms with Crippen molar-refractivity contribution in [1.82, 2.24) is 0 Å². The molecule has 1 aromatic carbocycles. The lowest BCUT2D eigenvalue weighted by Crippen LogP contribution is -2.02. The van der Waals surface area contributed by atoms with Gasteiger partial charge >= 0.3 is 0 Å². The second kappa shape index (κ2) is 5.99. The predicted molar refractivity (Wildman–Crippen MR) is 76.5 cm³/mol. The van der Waals surface area contributed by atoms with Crippen molar-refractivity contribution in [2.75, 3.05) is 0 Å². The van der Waals surface area contributed by atoms with E-state index in [4.69, 9.17) is 0 Å². The van der Waals surface area contributed by atoms with Crippen molar-refractivity contribution in [1.29, 1.82) is 0 Å². The van der Waals surface area contributed by atoms with Crippen molar-refractivity contribution in [2.24, 2.45) is 0 Å². The van der Waals surface area contributed by atoms with Gasteiger partial charge in [0.2, 0.25) is 0 Å². The first kappa shape index (κ1) is 13.1. The SMILES string of the molecule is CCCCC(=O)C1=C(CCC)Cc2ccccc21. The fourth-order valence-corrected chi connectivity index (χ4v) is 2.75. The quantitative estimate of drug-likeness (QED) is 0.715. The van der Waals surface area contributed by atoms with Crippen LogP contribution in [0.4, 0.5) is 0 Å². The molecular weight excluding hydrogens is 220 g/mol. The molecule has 0 radical (unpaired) electrons. The van der Waals surface area contributed by atoms with Gasteiger partial charge in [0.25, 0.3) is 0 Å². The summed E-state index contributed by atoms with van der Waals surface area (Å²) in [4.78, 5) is 12.4. The standard InChI is InChI=1S/C17H22O/c1-3-5-11-16(18)17-14(8-4-2)12-13-9-6-7-10-15(13)17/h6-7,9-10H,3-5,8,11-12H2,1-2H3. The molecule has 0 saturated heterocycles. The number of rotatable bonds is 6. The van der Waals surface area contributed by atoms with Crippen LogP contribution in [0.1, 0.15) is 57.1 Å². The lowest BCUT2D eigenvalue weighted by Gasteiger charge is -2.07. The average Bonchev–Trinajstić information content (AvgIpc) is 2.74. The van der Waals surface area contributed by atoms with Crippen molar-refractivity contribution in [3.05, 3.63) is 41.0 Å². The lowest BCUT2D eigenvalue weighted by atomic mass is 9.96. The van der Waals surface area contributed by atoms with Crippen molar-refractivity contribution in [3.63, 3.8) is 0 Å². The molecule has 96 valence electrons. The van der Waals surface area contributed by atoms with Gasteiger partial charge in [-0.15, -0.1) is 0 Å². The van der Waals surface area contributed by atoms with Crippen molar-refractivity contribution >= 4 is 11.4 Å². The van der Waals surface area contributed by atoms with Gasteiger partial charge in [-0.05, 0) is 30.4 Å². The molecule has 18 heavy (non-hydrogen) atoms. The molecule has 1 aromatic rings. The summed E-state index contributed by atoms with van der Waals surface area (Å²) in [7, 11) is 0. The normalized spacial score (nSPS) is 13.9. The van der Waals surface area contributed by atoms with Crippen LogP contribution in [0.25, 0.3) is 5.57 Å². The molecule has 1 heteroatoms. The molecule has 0 unspecified atom stereocenters. The number of allylic oxidation sites excluding steroid dienone is 2. The molecule has 1 aliphatic carbocycles. The first-order chi connectivity index (χ1) is 8.77. The molecule has 0 aromatic heterocycles. The van der Waals surface area contributed by atoms with Crippen LogP contribution in [-0.4, -0.2) is 5.78 Å². The van der Waals surface area contributed by atoms with Crippen LogP contribution >= 0.6 is 0 Å². The number of carbonyl (C=O) groups excluding carboxylic acids is 1. The Kier molecular flexibility index (Phi) is 4.35. The highest BCUT2D eigenvalue weighted by Gasteiger charge is 2.24. The molecule has 0 heterocycles. The third-order valence-electron chi connectivity index (χ3n) is 3.63. The van der Waals surface area contributed by atoms with E-state index in [1.807, 2.05) is 6.07 Å². The van der Waals surface area contributed by atoms with E-state index in [1.165, 1.54) is 16.7 Å². The zero-order valence-electron chi connectivity index (χ0n) is 11.5. The first-order valence-electron chi connectivity index (χ1n) is 7.11. The number of hydrogen-bond donors (Lipinski definition) is 0. The zero-order chi connectivity index (χ0) is 13.0. The topological polar surface area (TPSA) is 17.1 Å². The second-order valence-electron chi connectivity index (χ2n) is 5.09. The average molecular weight is 242 g/mol. The van der Waals surface area contributed by atoms with Gasteiger partial charge in [-0.2, -0.15) is 0 Å². The fraction of sp³-hybridized carbons (Fsp3) is 0.471. The smallest absolute Gasteiger partial charge is 0.163 e. The highest BCUT2D eigenvalue weighted by atomic mass is 16.1. The summed E-state index contributed by atoms with van der Waals surface area (Å²) in [5, 5.41) is 0. The highest BCUT2D eigenvalue weighted by molar-refractivity contribution is 6.23. The maximum atomic E-state index is 12.4. The van der Waals surface area contributed by atoms with E-state index in [1.54, 1.807) is 0 Å². The third kappa shape index (κ3) is 2.55. The van der Waals surface area contributed by atoms with Crippen molar-refractivity contribution in [2.45, 2.75) is 52.4 Å². The molecule has 0 atom stereocenters. The number of hydrogen-bond acceptors (Lipinski definition) is 1. The molecule has 0 aliphatic heterocycles. The number of ketones is 1. The maximum absolute atomic E-state index is 12.4. The molecule has 2 rings (SSSR count). The number of unbranched alkanes of at least 4 members (excludes halogenated alkanes) is 1. The summed E-state index contributed by atoms with van der Waals surface area (Å²) in [6.07, 6.45) is 5.95. The van der Waals surface area contributed by atoms with Gasteiger partial charge in [0.15, 0.2) is 5.78 Å². The second-order valence-corrected chi connectivity index (χ2v) is 5.09. The fourth-order valence-electron chi connectivity index (χ4n) is 2.75. The maximum Gasteiger partial charge on any atom is 0.163 e. The molecular formula is C17H22O. The van der Waals surface area contributed by atoms with Crippen molar-refractivity contribution < 1.29 is 4.79 Å². The van der Waals surface area contributed by atoms with Crippen LogP contribution in [0.2, 0.25) is 0 Å². The number of fused-ring (bicyclic) bond motifs is 1. The van der Waals surface area contributed by atoms with E-state index in [2.05, 4.69) is 32.0 Å². The Morgan fingerprint density at radius 2 is 1.94 bits per heavy atom. The minimum atomic E-state index is 0.352. The molecule has 0 fully saturated rings. The van der Waals surface area contributed by atoms with Crippen LogP contribution in [0.3, 0.4) is 0 Å². The molecule has 0 bridgehead atoms. The van der Waals surface area contributed by atoms with Crippen molar-refractivity contribution in [3.8, 4) is 0 Å². The van der Waals surface area contributed by atoms with Crippen LogP contribution in [0.5, 0.6) is 0 Å². The van der Waals surface area contributed by atoms with Crippen LogP contribution in [0, 0.1) is 0 Å². The largest absolute Gasteiger partial charge is 0.294 e. The Labute approximate surface area is 110 Å². The highest BCUT2D eigenvalue weighted by Crippen LogP contribution is 2.36. The predicted octanol–water partition coefficient (Wildman–Crippen LogP) is 4.56. The molecule has 0 saturated carbocycles. The van der Waals surface area contributed by atoms with Gasteiger partial charge < -0.3 is 0 Å². The molecule has 0 amide bonds. The van der Waals surface area contributed by atoms with E-state index in [0.717, 1.165) is 37.7 Å². The number of Topliss-reactive ketones (excluding diaryl/α,β-unsaturated/α-hetero) is 1. The zero-order valence-corrected chi connectivity index (χ0v) is 11.5. The Morgan fingerprint density at radius 1 is 1.17 bits per heavy atom. The molecule has 0 spiro atoms. The van der Waals surface area contributed by atoms with Gasteiger partial charge in [0, 0.05) is 12.0 Å². The van der Waals surface area contributed by atoms with E-state index < -0.39 is 0 Å². The molecule has 1 nitrogen and oxygen atoms in total. The summed E-state index contributed by atoms with van der Waals surface area (Å²) < 4.78 is 0. The Balaban J connectivity index is 2.30. The number of carbonyl (C=O) groups is 1. The summed E-state index contributed by atoms with van der Waals surface area (Å²) in [5.41, 5.74) is 4.93.